The summed E-state index contributed by atoms with van der Waals surface area (Å²) in [6.45, 7) is 6.35. The largest absolute Gasteiger partial charge is 0.335 e. The normalized spacial score (nSPS) is 17.6. The molecule has 1 aliphatic carbocycles. The first-order valence-electron chi connectivity index (χ1n) is 5.37. The zero-order valence-electron chi connectivity index (χ0n) is 8.91. The van der Waals surface area contributed by atoms with Crippen LogP contribution in [0.1, 0.15) is 32.6 Å². The maximum atomic E-state index is 11.9. The molecule has 1 saturated carbocycles. The van der Waals surface area contributed by atoms with E-state index in [0.29, 0.717) is 12.6 Å². The van der Waals surface area contributed by atoms with Crippen LogP contribution in [0.15, 0.2) is 12.7 Å². The first kappa shape index (κ1) is 11.2. The Kier molecular flexibility index (Phi) is 4.14. The molecule has 1 fully saturated rings. The van der Waals surface area contributed by atoms with Gasteiger partial charge >= 0.3 is 0 Å². The molecule has 0 aromatic rings. The van der Waals surface area contributed by atoms with Crippen molar-refractivity contribution in [2.45, 2.75) is 44.7 Å². The SMILES string of the molecule is C=CCN(C(=O)[C@@H](N)CCC)C1CC1. The van der Waals surface area contributed by atoms with Gasteiger partial charge in [-0.2, -0.15) is 0 Å². The van der Waals surface area contributed by atoms with Crippen molar-refractivity contribution in [2.24, 2.45) is 5.73 Å². The van der Waals surface area contributed by atoms with Crippen molar-refractivity contribution in [1.82, 2.24) is 4.90 Å². The van der Waals surface area contributed by atoms with Crippen LogP contribution in [-0.2, 0) is 4.79 Å². The molecule has 0 aromatic carbocycles. The smallest absolute Gasteiger partial charge is 0.240 e. The maximum absolute atomic E-state index is 11.9. The number of amides is 1. The summed E-state index contributed by atoms with van der Waals surface area (Å²) in [5, 5.41) is 0. The van der Waals surface area contributed by atoms with E-state index >= 15 is 0 Å². The van der Waals surface area contributed by atoms with Gasteiger partial charge in [-0.3, -0.25) is 4.79 Å². The Bertz CT molecular complexity index is 211. The molecule has 3 heteroatoms. The molecule has 0 unspecified atom stereocenters. The summed E-state index contributed by atoms with van der Waals surface area (Å²) in [6.07, 6.45) is 5.75. The van der Waals surface area contributed by atoms with Gasteiger partial charge in [0.1, 0.15) is 0 Å². The second-order valence-corrected chi connectivity index (χ2v) is 3.91. The molecule has 0 spiro atoms. The summed E-state index contributed by atoms with van der Waals surface area (Å²) >= 11 is 0. The standard InChI is InChI=1S/C11H20N2O/c1-3-5-10(12)11(14)13(8-4-2)9-6-7-9/h4,9-10H,2-3,5-8,12H2,1H3/t10-/m0/s1. The van der Waals surface area contributed by atoms with Crippen LogP contribution in [0.5, 0.6) is 0 Å². The predicted octanol–water partition coefficient (Wildman–Crippen LogP) is 1.29. The fraction of sp³-hybridized carbons (Fsp3) is 0.727. The van der Waals surface area contributed by atoms with Crippen molar-refractivity contribution in [3.05, 3.63) is 12.7 Å². The molecular formula is C11H20N2O. The zero-order chi connectivity index (χ0) is 10.6. The summed E-state index contributed by atoms with van der Waals surface area (Å²) in [5.41, 5.74) is 5.80. The third-order valence-electron chi connectivity index (χ3n) is 2.51. The quantitative estimate of drug-likeness (QED) is 0.651. The minimum atomic E-state index is -0.319. The van der Waals surface area contributed by atoms with E-state index in [-0.39, 0.29) is 11.9 Å². The van der Waals surface area contributed by atoms with E-state index in [1.54, 1.807) is 6.08 Å². The average Bonchev–Trinajstić information content (AvgIpc) is 2.97. The highest BCUT2D eigenvalue weighted by Gasteiger charge is 2.33. The second-order valence-electron chi connectivity index (χ2n) is 3.91. The molecule has 80 valence electrons. The van der Waals surface area contributed by atoms with E-state index in [4.69, 9.17) is 5.73 Å². The van der Waals surface area contributed by atoms with E-state index < -0.39 is 0 Å². The maximum Gasteiger partial charge on any atom is 0.240 e. The van der Waals surface area contributed by atoms with E-state index in [1.165, 1.54) is 0 Å². The topological polar surface area (TPSA) is 46.3 Å². The molecule has 0 aliphatic heterocycles. The van der Waals surface area contributed by atoms with Gasteiger partial charge in [0.2, 0.25) is 5.91 Å². The fourth-order valence-electron chi connectivity index (χ4n) is 1.59. The Morgan fingerprint density at radius 2 is 2.36 bits per heavy atom. The van der Waals surface area contributed by atoms with Crippen LogP contribution >= 0.6 is 0 Å². The van der Waals surface area contributed by atoms with Gasteiger partial charge in [0.25, 0.3) is 0 Å². The second kappa shape index (κ2) is 5.15. The lowest BCUT2D eigenvalue weighted by molar-refractivity contribution is -0.132. The molecule has 14 heavy (non-hydrogen) atoms. The van der Waals surface area contributed by atoms with Crippen LogP contribution in [-0.4, -0.2) is 29.4 Å². The van der Waals surface area contributed by atoms with Crippen LogP contribution in [0.3, 0.4) is 0 Å². The molecule has 0 aromatic heterocycles. The number of nitrogens with two attached hydrogens (primary N) is 1. The number of carbonyl (C=O) groups excluding carboxylic acids is 1. The number of hydrogen-bond acceptors (Lipinski definition) is 2. The van der Waals surface area contributed by atoms with Crippen LogP contribution < -0.4 is 5.73 Å². The van der Waals surface area contributed by atoms with E-state index in [2.05, 4.69) is 6.58 Å². The van der Waals surface area contributed by atoms with Crippen LogP contribution in [0.4, 0.5) is 0 Å². The lowest BCUT2D eigenvalue weighted by Gasteiger charge is -2.24. The lowest BCUT2D eigenvalue weighted by atomic mass is 10.1. The van der Waals surface area contributed by atoms with E-state index in [9.17, 15) is 4.79 Å². The Morgan fingerprint density at radius 1 is 1.71 bits per heavy atom. The number of carbonyl (C=O) groups is 1. The van der Waals surface area contributed by atoms with E-state index in [1.807, 2.05) is 11.8 Å². The van der Waals surface area contributed by atoms with Gasteiger partial charge in [-0.05, 0) is 19.3 Å². The molecular weight excluding hydrogens is 176 g/mol. The third kappa shape index (κ3) is 2.84. The van der Waals surface area contributed by atoms with Crippen molar-refractivity contribution in [3.63, 3.8) is 0 Å². The molecule has 1 atom stereocenters. The van der Waals surface area contributed by atoms with Crippen molar-refractivity contribution in [3.8, 4) is 0 Å². The number of hydrogen-bond donors (Lipinski definition) is 1. The third-order valence-corrected chi connectivity index (χ3v) is 2.51. The molecule has 1 aliphatic rings. The number of rotatable bonds is 6. The Morgan fingerprint density at radius 3 is 2.79 bits per heavy atom. The zero-order valence-corrected chi connectivity index (χ0v) is 8.91. The first-order valence-corrected chi connectivity index (χ1v) is 5.37. The summed E-state index contributed by atoms with van der Waals surface area (Å²) in [5.74, 6) is 0.0919. The van der Waals surface area contributed by atoms with E-state index in [0.717, 1.165) is 25.7 Å². The summed E-state index contributed by atoms with van der Waals surface area (Å²) in [4.78, 5) is 13.7. The predicted molar refractivity (Wildman–Crippen MR) is 57.8 cm³/mol. The highest BCUT2D eigenvalue weighted by molar-refractivity contribution is 5.82. The molecule has 2 N–H and O–H groups in total. The summed E-state index contributed by atoms with van der Waals surface area (Å²) in [7, 11) is 0. The van der Waals surface area contributed by atoms with Gasteiger partial charge < -0.3 is 10.6 Å². The highest BCUT2D eigenvalue weighted by atomic mass is 16.2. The number of nitrogens with zero attached hydrogens (tertiary/aromatic N) is 1. The van der Waals surface area contributed by atoms with Crippen LogP contribution in [0.2, 0.25) is 0 Å². The van der Waals surface area contributed by atoms with Gasteiger partial charge in [0.15, 0.2) is 0 Å². The minimum Gasteiger partial charge on any atom is -0.335 e. The van der Waals surface area contributed by atoms with Crippen molar-refractivity contribution in [1.29, 1.82) is 0 Å². The Hall–Kier alpha value is -0.830. The van der Waals surface area contributed by atoms with Crippen LogP contribution in [0, 0.1) is 0 Å². The molecule has 3 nitrogen and oxygen atoms in total. The molecule has 1 amide bonds. The first-order chi connectivity index (χ1) is 6.70. The minimum absolute atomic E-state index is 0.0919. The monoisotopic (exact) mass is 196 g/mol. The Labute approximate surface area is 86.0 Å². The van der Waals surface area contributed by atoms with Crippen LogP contribution in [0.25, 0.3) is 0 Å². The summed E-state index contributed by atoms with van der Waals surface area (Å²) in [6, 6.07) is 0.115. The highest BCUT2D eigenvalue weighted by Crippen LogP contribution is 2.27. The van der Waals surface area contributed by atoms with Crippen molar-refractivity contribution >= 4 is 5.91 Å². The molecule has 0 heterocycles. The van der Waals surface area contributed by atoms with Gasteiger partial charge in [0, 0.05) is 12.6 Å². The van der Waals surface area contributed by atoms with Crippen molar-refractivity contribution in [2.75, 3.05) is 6.54 Å². The van der Waals surface area contributed by atoms with Gasteiger partial charge in [0.05, 0.1) is 6.04 Å². The van der Waals surface area contributed by atoms with Crippen molar-refractivity contribution < 1.29 is 4.79 Å². The summed E-state index contributed by atoms with van der Waals surface area (Å²) < 4.78 is 0. The average molecular weight is 196 g/mol. The molecule has 1 rings (SSSR count). The van der Waals surface area contributed by atoms with Gasteiger partial charge in [-0.25, -0.2) is 0 Å². The molecule has 0 bridgehead atoms. The fourth-order valence-corrected chi connectivity index (χ4v) is 1.59. The molecule has 0 saturated heterocycles. The lowest BCUT2D eigenvalue weighted by Crippen LogP contribution is -2.44. The Balaban J connectivity index is 2.48. The van der Waals surface area contributed by atoms with Gasteiger partial charge in [-0.15, -0.1) is 6.58 Å². The molecule has 0 radical (unpaired) electrons. The van der Waals surface area contributed by atoms with Gasteiger partial charge in [-0.1, -0.05) is 19.4 Å².